The van der Waals surface area contributed by atoms with Gasteiger partial charge in [-0.1, -0.05) is 0 Å². The Morgan fingerprint density at radius 3 is 3.13 bits per heavy atom. The molecule has 0 spiro atoms. The van der Waals surface area contributed by atoms with Crippen molar-refractivity contribution >= 4 is 0 Å². The first-order valence-electron chi connectivity index (χ1n) is 7.63. The van der Waals surface area contributed by atoms with E-state index in [1.165, 1.54) is 6.33 Å². The molecule has 7 heteroatoms. The molecule has 23 heavy (non-hydrogen) atoms. The van der Waals surface area contributed by atoms with Gasteiger partial charge in [-0.25, -0.2) is 9.97 Å². The maximum atomic E-state index is 10.1. The summed E-state index contributed by atoms with van der Waals surface area (Å²) in [4.78, 5) is 10.6. The predicted molar refractivity (Wildman–Crippen MR) is 81.9 cm³/mol. The number of ether oxygens (including phenoxy) is 2. The number of nitrogens with zero attached hydrogens (tertiary/aromatic N) is 3. The van der Waals surface area contributed by atoms with Crippen molar-refractivity contribution in [3.63, 3.8) is 0 Å². The molecule has 0 amide bonds. The number of aromatic nitrogens is 2. The molecule has 1 atom stereocenters. The second-order valence-electron chi connectivity index (χ2n) is 5.54. The van der Waals surface area contributed by atoms with Crippen LogP contribution >= 0.6 is 0 Å². The molecule has 7 nitrogen and oxygen atoms in total. The normalized spacial score (nSPS) is 16.1. The Balaban J connectivity index is 1.48. The highest BCUT2D eigenvalue weighted by molar-refractivity contribution is 5.31. The van der Waals surface area contributed by atoms with Gasteiger partial charge in [0.15, 0.2) is 0 Å². The molecule has 0 aliphatic carbocycles. The molecule has 3 heterocycles. The van der Waals surface area contributed by atoms with E-state index in [4.69, 9.17) is 13.9 Å². The molecule has 0 unspecified atom stereocenters. The molecule has 0 radical (unpaired) electrons. The van der Waals surface area contributed by atoms with Gasteiger partial charge >= 0.3 is 0 Å². The van der Waals surface area contributed by atoms with Crippen molar-refractivity contribution in [3.05, 3.63) is 41.7 Å². The van der Waals surface area contributed by atoms with Gasteiger partial charge in [0.1, 0.15) is 18.7 Å². The molecule has 1 aliphatic heterocycles. The first-order chi connectivity index (χ1) is 11.3. The molecule has 1 aliphatic rings. The van der Waals surface area contributed by atoms with Gasteiger partial charge in [0.05, 0.1) is 31.8 Å². The van der Waals surface area contributed by atoms with Crippen molar-refractivity contribution < 1.29 is 19.0 Å². The largest absolute Gasteiger partial charge is 0.481 e. The van der Waals surface area contributed by atoms with Crippen LogP contribution < -0.4 is 4.74 Å². The number of hydrogen-bond acceptors (Lipinski definition) is 7. The molecule has 1 N–H and O–H groups in total. The molecule has 124 valence electrons. The summed E-state index contributed by atoms with van der Waals surface area (Å²) in [5.41, 5.74) is 2.03. The van der Waals surface area contributed by atoms with E-state index in [-0.39, 0.29) is 6.61 Å². The number of rotatable bonds is 7. The van der Waals surface area contributed by atoms with E-state index < -0.39 is 6.10 Å². The van der Waals surface area contributed by atoms with Crippen LogP contribution in [0.5, 0.6) is 5.88 Å². The minimum absolute atomic E-state index is 0.270. The maximum absolute atomic E-state index is 10.1. The Bertz CT molecular complexity index is 604. The molecule has 3 rings (SSSR count). The van der Waals surface area contributed by atoms with Crippen molar-refractivity contribution in [3.8, 4) is 5.88 Å². The topological polar surface area (TPSA) is 80.9 Å². The quantitative estimate of drug-likeness (QED) is 0.816. The molecule has 0 fully saturated rings. The third-order valence-electron chi connectivity index (χ3n) is 3.84. The van der Waals surface area contributed by atoms with E-state index in [9.17, 15) is 5.11 Å². The van der Waals surface area contributed by atoms with Crippen LogP contribution in [0.15, 0.2) is 29.1 Å². The maximum Gasteiger partial charge on any atom is 0.220 e. The predicted octanol–water partition coefficient (Wildman–Crippen LogP) is 1.01. The Kier molecular flexibility index (Phi) is 5.22. The van der Waals surface area contributed by atoms with Crippen LogP contribution in [0, 0.1) is 0 Å². The second kappa shape index (κ2) is 7.54. The van der Waals surface area contributed by atoms with Crippen LogP contribution in [0.4, 0.5) is 0 Å². The summed E-state index contributed by atoms with van der Waals surface area (Å²) in [6, 6.07) is 3.66. The number of hydrogen-bond donors (Lipinski definition) is 1. The second-order valence-corrected chi connectivity index (χ2v) is 5.54. The SMILES string of the molecule is COc1ncnc2c1CN(C[C@H](O)COCc1ccco1)CC2. The lowest BCUT2D eigenvalue weighted by atomic mass is 10.1. The van der Waals surface area contributed by atoms with Gasteiger partial charge in [-0.05, 0) is 12.1 Å². The standard InChI is InChI=1S/C16H21N3O4/c1-21-16-14-8-19(5-4-15(14)17-11-18-16)7-12(20)9-22-10-13-3-2-6-23-13/h2-3,6,11-12,20H,4-5,7-10H2,1H3/t12-/m0/s1. The lowest BCUT2D eigenvalue weighted by molar-refractivity contribution is 0.00285. The summed E-state index contributed by atoms with van der Waals surface area (Å²) < 4.78 is 16.0. The van der Waals surface area contributed by atoms with Crippen molar-refractivity contribution in [1.82, 2.24) is 14.9 Å². The fraction of sp³-hybridized carbons (Fsp3) is 0.500. The number of β-amino-alcohol motifs (C(OH)–C–C–N with tert-alkyl or cyclic N) is 1. The summed E-state index contributed by atoms with van der Waals surface area (Å²) in [5.74, 6) is 1.37. The summed E-state index contributed by atoms with van der Waals surface area (Å²) in [6.07, 6.45) is 3.41. The number of furan rings is 1. The van der Waals surface area contributed by atoms with E-state index in [0.29, 0.717) is 25.6 Å². The van der Waals surface area contributed by atoms with Crippen molar-refractivity contribution in [2.45, 2.75) is 25.7 Å². The third kappa shape index (κ3) is 4.07. The molecule has 0 saturated heterocycles. The van der Waals surface area contributed by atoms with Gasteiger partial charge in [-0.15, -0.1) is 0 Å². The highest BCUT2D eigenvalue weighted by Gasteiger charge is 2.23. The van der Waals surface area contributed by atoms with Crippen LogP contribution in [0.3, 0.4) is 0 Å². The van der Waals surface area contributed by atoms with Gasteiger partial charge in [-0.2, -0.15) is 0 Å². The van der Waals surface area contributed by atoms with Crippen molar-refractivity contribution in [2.24, 2.45) is 0 Å². The van der Waals surface area contributed by atoms with Crippen LogP contribution in [-0.4, -0.2) is 52.9 Å². The Morgan fingerprint density at radius 1 is 1.43 bits per heavy atom. The molecule has 2 aromatic rings. The Labute approximate surface area is 134 Å². The molecule has 2 aromatic heterocycles. The van der Waals surface area contributed by atoms with E-state index in [0.717, 1.165) is 30.0 Å². The summed E-state index contributed by atoms with van der Waals surface area (Å²) in [6.45, 7) is 2.70. The van der Waals surface area contributed by atoms with Crippen LogP contribution in [-0.2, 0) is 24.3 Å². The smallest absolute Gasteiger partial charge is 0.220 e. The summed E-state index contributed by atoms with van der Waals surface area (Å²) >= 11 is 0. The fourth-order valence-electron chi connectivity index (χ4n) is 2.74. The van der Waals surface area contributed by atoms with Gasteiger partial charge in [0.25, 0.3) is 0 Å². The van der Waals surface area contributed by atoms with Crippen LogP contribution in [0.25, 0.3) is 0 Å². The minimum Gasteiger partial charge on any atom is -0.481 e. The lowest BCUT2D eigenvalue weighted by Gasteiger charge is -2.30. The highest BCUT2D eigenvalue weighted by Crippen LogP contribution is 2.24. The third-order valence-corrected chi connectivity index (χ3v) is 3.84. The number of methoxy groups -OCH3 is 1. The zero-order valence-corrected chi connectivity index (χ0v) is 13.1. The number of aliphatic hydroxyl groups is 1. The molecular formula is C16H21N3O4. The zero-order chi connectivity index (χ0) is 16.1. The first kappa shape index (κ1) is 15.9. The van der Waals surface area contributed by atoms with Crippen molar-refractivity contribution in [1.29, 1.82) is 0 Å². The lowest BCUT2D eigenvalue weighted by Crippen LogP contribution is -2.38. The number of aliphatic hydroxyl groups excluding tert-OH is 1. The van der Waals surface area contributed by atoms with Gasteiger partial charge in [0.2, 0.25) is 5.88 Å². The van der Waals surface area contributed by atoms with Crippen LogP contribution in [0.2, 0.25) is 0 Å². The molecule has 0 bridgehead atoms. The molecule has 0 saturated carbocycles. The Morgan fingerprint density at radius 2 is 2.35 bits per heavy atom. The van der Waals surface area contributed by atoms with Gasteiger partial charge < -0.3 is 19.0 Å². The average molecular weight is 319 g/mol. The van der Waals surface area contributed by atoms with E-state index >= 15 is 0 Å². The average Bonchev–Trinajstić information content (AvgIpc) is 3.07. The van der Waals surface area contributed by atoms with E-state index in [2.05, 4.69) is 14.9 Å². The minimum atomic E-state index is -0.554. The monoisotopic (exact) mass is 319 g/mol. The Hall–Kier alpha value is -1.96. The first-order valence-corrected chi connectivity index (χ1v) is 7.63. The van der Waals surface area contributed by atoms with Crippen LogP contribution in [0.1, 0.15) is 17.0 Å². The van der Waals surface area contributed by atoms with Gasteiger partial charge in [0, 0.05) is 31.6 Å². The van der Waals surface area contributed by atoms with E-state index in [1.54, 1.807) is 13.4 Å². The highest BCUT2D eigenvalue weighted by atomic mass is 16.5. The van der Waals surface area contributed by atoms with Crippen molar-refractivity contribution in [2.75, 3.05) is 26.8 Å². The molecule has 0 aromatic carbocycles. The zero-order valence-electron chi connectivity index (χ0n) is 13.1. The fourth-order valence-corrected chi connectivity index (χ4v) is 2.74. The summed E-state index contributed by atoms with van der Waals surface area (Å²) in [5, 5.41) is 10.1. The summed E-state index contributed by atoms with van der Waals surface area (Å²) in [7, 11) is 1.61. The van der Waals surface area contributed by atoms with Gasteiger partial charge in [-0.3, -0.25) is 4.90 Å². The molecular weight excluding hydrogens is 298 g/mol. The van der Waals surface area contributed by atoms with E-state index in [1.807, 2.05) is 12.1 Å². The number of fused-ring (bicyclic) bond motifs is 1.